The van der Waals surface area contributed by atoms with Crippen molar-refractivity contribution in [2.45, 2.75) is 6.04 Å². The molecule has 1 atom stereocenters. The summed E-state index contributed by atoms with van der Waals surface area (Å²) in [6.45, 7) is 0.589. The van der Waals surface area contributed by atoms with Crippen LogP contribution in [0.5, 0.6) is 5.75 Å². The molecule has 1 unspecified atom stereocenters. The van der Waals surface area contributed by atoms with E-state index in [0.29, 0.717) is 27.5 Å². The van der Waals surface area contributed by atoms with Gasteiger partial charge in [-0.3, -0.25) is 14.8 Å². The van der Waals surface area contributed by atoms with Crippen LogP contribution in [0.4, 0.5) is 11.4 Å². The van der Waals surface area contributed by atoms with Crippen LogP contribution in [0.2, 0.25) is 0 Å². The molecule has 0 aliphatic heterocycles. The second kappa shape index (κ2) is 10.2. The van der Waals surface area contributed by atoms with Crippen LogP contribution in [0, 0.1) is 9.54 Å². The maximum absolute atomic E-state index is 11.5. The Bertz CT molecular complexity index is 1130. The maximum atomic E-state index is 11.5. The molecule has 2 aromatic carbocycles. The van der Waals surface area contributed by atoms with Gasteiger partial charge < -0.3 is 25.4 Å². The third-order valence-electron chi connectivity index (χ3n) is 4.32. The van der Waals surface area contributed by atoms with Crippen molar-refractivity contribution in [3.05, 3.63) is 58.1 Å². The van der Waals surface area contributed by atoms with Crippen molar-refractivity contribution in [2.24, 2.45) is 0 Å². The van der Waals surface area contributed by atoms with Crippen LogP contribution >= 0.6 is 24.4 Å². The van der Waals surface area contributed by atoms with Gasteiger partial charge in [-0.15, -0.1) is 0 Å². The highest BCUT2D eigenvalue weighted by Gasteiger charge is 2.18. The lowest BCUT2D eigenvalue weighted by molar-refractivity contribution is -0.138. The molecule has 0 radical (unpaired) electrons. The SMILES string of the molecule is CN(C)CC(Nc1cccc(OCNc2cccc(-n3c(=S)[nH][nH]c3=S)c2)c1)C(=O)O. The van der Waals surface area contributed by atoms with Crippen LogP contribution in [-0.2, 0) is 4.79 Å². The van der Waals surface area contributed by atoms with Gasteiger partial charge in [0.25, 0.3) is 0 Å². The van der Waals surface area contributed by atoms with Gasteiger partial charge in [-0.05, 0) is 68.9 Å². The number of benzene rings is 2. The smallest absolute Gasteiger partial charge is 0.327 e. The van der Waals surface area contributed by atoms with Gasteiger partial charge in [-0.1, -0.05) is 12.1 Å². The third kappa shape index (κ3) is 6.17. The monoisotopic (exact) mass is 460 g/mol. The van der Waals surface area contributed by atoms with Gasteiger partial charge >= 0.3 is 5.97 Å². The number of ether oxygens (including phenoxy) is 1. The van der Waals surface area contributed by atoms with Crippen LogP contribution in [0.1, 0.15) is 0 Å². The maximum Gasteiger partial charge on any atom is 0.327 e. The third-order valence-corrected chi connectivity index (χ3v) is 4.89. The number of likely N-dealkylation sites (N-methyl/N-ethyl adjacent to an activating group) is 1. The van der Waals surface area contributed by atoms with E-state index < -0.39 is 12.0 Å². The first-order valence-corrected chi connectivity index (χ1v) is 10.3. The molecule has 9 nitrogen and oxygen atoms in total. The number of nitrogens with one attached hydrogen (secondary N) is 4. The average molecular weight is 461 g/mol. The Morgan fingerprint density at radius 3 is 2.48 bits per heavy atom. The molecule has 1 aromatic heterocycles. The van der Waals surface area contributed by atoms with Gasteiger partial charge in [0.1, 0.15) is 11.8 Å². The highest BCUT2D eigenvalue weighted by Crippen LogP contribution is 2.19. The number of rotatable bonds is 10. The molecule has 164 valence electrons. The fourth-order valence-electron chi connectivity index (χ4n) is 2.93. The summed E-state index contributed by atoms with van der Waals surface area (Å²) < 4.78 is 8.47. The molecule has 0 aliphatic rings. The number of carboxylic acids is 1. The molecule has 0 bridgehead atoms. The summed E-state index contributed by atoms with van der Waals surface area (Å²) in [6, 6.07) is 14.1. The number of aromatic nitrogens is 3. The van der Waals surface area contributed by atoms with Crippen LogP contribution < -0.4 is 15.4 Å². The first-order chi connectivity index (χ1) is 14.8. The van der Waals surface area contributed by atoms with Crippen LogP contribution in [-0.4, -0.2) is 64.2 Å². The van der Waals surface area contributed by atoms with E-state index in [1.54, 1.807) is 16.7 Å². The Kier molecular flexibility index (Phi) is 7.45. The lowest BCUT2D eigenvalue weighted by atomic mass is 10.2. The Hall–Kier alpha value is -3.15. The number of carbonyl (C=O) groups is 1. The van der Waals surface area contributed by atoms with Gasteiger partial charge in [0.15, 0.2) is 16.3 Å². The minimum atomic E-state index is -0.913. The van der Waals surface area contributed by atoms with Crippen molar-refractivity contribution in [3.63, 3.8) is 0 Å². The van der Waals surface area contributed by atoms with Crippen molar-refractivity contribution < 1.29 is 14.6 Å². The number of aromatic amines is 2. The van der Waals surface area contributed by atoms with E-state index in [2.05, 4.69) is 20.8 Å². The molecule has 0 amide bonds. The topological polar surface area (TPSA) is 110 Å². The van der Waals surface area contributed by atoms with Gasteiger partial charge in [-0.25, -0.2) is 4.79 Å². The summed E-state index contributed by atoms with van der Waals surface area (Å²) >= 11 is 10.5. The van der Waals surface area contributed by atoms with E-state index in [-0.39, 0.29) is 6.73 Å². The number of anilines is 2. The van der Waals surface area contributed by atoms with E-state index in [1.165, 1.54) is 0 Å². The Morgan fingerprint density at radius 2 is 1.81 bits per heavy atom. The summed E-state index contributed by atoms with van der Waals surface area (Å²) in [6.07, 6.45) is 0. The highest BCUT2D eigenvalue weighted by atomic mass is 32.1. The first-order valence-electron chi connectivity index (χ1n) is 9.44. The highest BCUT2D eigenvalue weighted by molar-refractivity contribution is 7.72. The number of hydrogen-bond acceptors (Lipinski definition) is 7. The molecular formula is C20H24N6O3S2. The zero-order chi connectivity index (χ0) is 22.4. The molecular weight excluding hydrogens is 436 g/mol. The van der Waals surface area contributed by atoms with Crippen molar-refractivity contribution in [3.8, 4) is 11.4 Å². The van der Waals surface area contributed by atoms with Crippen molar-refractivity contribution in [1.82, 2.24) is 19.7 Å². The molecule has 11 heteroatoms. The predicted molar refractivity (Wildman–Crippen MR) is 125 cm³/mol. The Morgan fingerprint density at radius 1 is 1.13 bits per heavy atom. The fourth-order valence-corrected chi connectivity index (χ4v) is 3.48. The van der Waals surface area contributed by atoms with Crippen molar-refractivity contribution >= 4 is 41.8 Å². The largest absolute Gasteiger partial charge is 0.480 e. The number of carboxylic acid groups (broad SMARTS) is 1. The Balaban J connectivity index is 1.62. The van der Waals surface area contributed by atoms with E-state index in [9.17, 15) is 9.90 Å². The minimum Gasteiger partial charge on any atom is -0.480 e. The minimum absolute atomic E-state index is 0.221. The Labute approximate surface area is 189 Å². The van der Waals surface area contributed by atoms with Crippen LogP contribution in [0.25, 0.3) is 5.69 Å². The molecule has 3 aromatic rings. The molecule has 0 fully saturated rings. The summed E-state index contributed by atoms with van der Waals surface area (Å²) in [5, 5.41) is 21.2. The zero-order valence-corrected chi connectivity index (χ0v) is 18.7. The van der Waals surface area contributed by atoms with Gasteiger partial charge in [0, 0.05) is 24.0 Å². The number of nitrogens with zero attached hydrogens (tertiary/aromatic N) is 2. The first kappa shape index (κ1) is 22.5. The molecule has 0 saturated carbocycles. The molecule has 0 saturated heterocycles. The number of H-pyrrole nitrogens is 2. The standard InChI is InChI=1S/C20H24N6O3S2/c1-25(2)11-17(18(27)28)22-14-6-4-8-16(10-14)29-12-21-13-5-3-7-15(9-13)26-19(30)23-24-20(26)31/h3-10,17,21-22H,11-12H2,1-2H3,(H,23,30)(H,24,31)(H,27,28). The van der Waals surface area contributed by atoms with Crippen molar-refractivity contribution in [1.29, 1.82) is 0 Å². The summed E-state index contributed by atoms with van der Waals surface area (Å²) in [5.74, 6) is -0.304. The average Bonchev–Trinajstić information content (AvgIpc) is 3.06. The van der Waals surface area contributed by atoms with Crippen molar-refractivity contribution in [2.75, 3.05) is 38.0 Å². The van der Waals surface area contributed by atoms with Gasteiger partial charge in [0.05, 0.1) is 5.69 Å². The molecule has 31 heavy (non-hydrogen) atoms. The molecule has 0 aliphatic carbocycles. The van der Waals surface area contributed by atoms with E-state index in [0.717, 1.165) is 11.4 Å². The number of hydrogen-bond donors (Lipinski definition) is 5. The van der Waals surface area contributed by atoms with Gasteiger partial charge in [-0.2, -0.15) is 0 Å². The summed E-state index contributed by atoms with van der Waals surface area (Å²) in [5.41, 5.74) is 2.33. The summed E-state index contributed by atoms with van der Waals surface area (Å²) in [4.78, 5) is 13.3. The van der Waals surface area contributed by atoms with Gasteiger partial charge in [0.2, 0.25) is 0 Å². The van der Waals surface area contributed by atoms with E-state index in [4.69, 9.17) is 29.2 Å². The predicted octanol–water partition coefficient (Wildman–Crippen LogP) is 3.47. The van der Waals surface area contributed by atoms with E-state index >= 15 is 0 Å². The quantitative estimate of drug-likeness (QED) is 0.231. The lowest BCUT2D eigenvalue weighted by Crippen LogP contribution is -2.38. The molecule has 3 rings (SSSR count). The molecule has 1 heterocycles. The molecule has 5 N–H and O–H groups in total. The summed E-state index contributed by atoms with van der Waals surface area (Å²) in [7, 11) is 3.66. The second-order valence-corrected chi connectivity index (χ2v) is 7.81. The van der Waals surface area contributed by atoms with Crippen LogP contribution in [0.3, 0.4) is 0 Å². The van der Waals surface area contributed by atoms with Crippen LogP contribution in [0.15, 0.2) is 48.5 Å². The number of aliphatic carboxylic acids is 1. The molecule has 0 spiro atoms. The lowest BCUT2D eigenvalue weighted by Gasteiger charge is -2.20. The second-order valence-electron chi connectivity index (χ2n) is 7.04. The van der Waals surface area contributed by atoms with E-state index in [1.807, 2.05) is 55.4 Å². The fraction of sp³-hybridized carbons (Fsp3) is 0.250. The zero-order valence-electron chi connectivity index (χ0n) is 17.1. The normalized spacial score (nSPS) is 11.8.